The topological polar surface area (TPSA) is 68.2 Å². The molecule has 0 aliphatic rings. The molecule has 0 saturated carbocycles. The molecule has 25 heavy (non-hydrogen) atoms. The molecule has 0 bridgehead atoms. The molecule has 0 radical (unpaired) electrons. The number of nitrogens with zero attached hydrogens (tertiary/aromatic N) is 1. The van der Waals surface area contributed by atoms with Crippen LogP contribution in [-0.2, 0) is 21.2 Å². The van der Waals surface area contributed by atoms with Gasteiger partial charge in [0.05, 0.1) is 11.3 Å². The Morgan fingerprint density at radius 3 is 2.16 bits per heavy atom. The van der Waals surface area contributed by atoms with Crippen LogP contribution in [0.15, 0.2) is 78.0 Å². The van der Waals surface area contributed by atoms with Crippen LogP contribution in [0.5, 0.6) is 0 Å². The summed E-state index contributed by atoms with van der Waals surface area (Å²) in [6, 6.07) is 16.7. The van der Waals surface area contributed by atoms with Crippen LogP contribution >= 0.6 is 11.6 Å². The average molecular weight is 375 g/mol. The highest BCUT2D eigenvalue weighted by atomic mass is 35.5. The van der Waals surface area contributed by atoms with Crippen molar-refractivity contribution < 1.29 is 13.2 Å². The van der Waals surface area contributed by atoms with Gasteiger partial charge in [-0.25, -0.2) is 13.1 Å². The second-order valence-electron chi connectivity index (χ2n) is 5.42. The van der Waals surface area contributed by atoms with Crippen molar-refractivity contribution in [1.82, 2.24) is 9.29 Å². The van der Waals surface area contributed by atoms with Gasteiger partial charge < -0.3 is 4.57 Å². The fraction of sp³-hybridized carbons (Fsp3) is 0.0556. The van der Waals surface area contributed by atoms with Crippen molar-refractivity contribution in [3.8, 4) is 5.69 Å². The lowest BCUT2D eigenvalue weighted by Gasteiger charge is -2.08. The minimum absolute atomic E-state index is 0.0351. The lowest BCUT2D eigenvalue weighted by Crippen LogP contribution is -2.31. The van der Waals surface area contributed by atoms with Gasteiger partial charge in [0.25, 0.3) is 10.0 Å². The standard InChI is InChI=1S/C18H15ClN2O3S/c19-15-5-3-14(4-6-15)13-18(22)20-25(23,24)17-9-7-16(8-10-17)21-11-1-2-12-21/h1-12H,13H2,(H,20,22). The predicted octanol–water partition coefficient (Wildman–Crippen LogP) is 3.18. The normalized spacial score (nSPS) is 11.2. The van der Waals surface area contributed by atoms with Gasteiger partial charge in [-0.2, -0.15) is 0 Å². The van der Waals surface area contributed by atoms with Crippen molar-refractivity contribution in [2.24, 2.45) is 0 Å². The molecule has 3 rings (SSSR count). The Balaban J connectivity index is 1.70. The highest BCUT2D eigenvalue weighted by molar-refractivity contribution is 7.90. The number of rotatable bonds is 5. The van der Waals surface area contributed by atoms with Crippen LogP contribution in [0.3, 0.4) is 0 Å². The van der Waals surface area contributed by atoms with E-state index in [1.54, 1.807) is 36.4 Å². The van der Waals surface area contributed by atoms with Gasteiger partial charge in [0.1, 0.15) is 0 Å². The Kier molecular flexibility index (Phi) is 4.92. The largest absolute Gasteiger partial charge is 0.324 e. The van der Waals surface area contributed by atoms with E-state index in [2.05, 4.69) is 4.72 Å². The number of carbonyl (C=O) groups is 1. The van der Waals surface area contributed by atoms with Crippen LogP contribution < -0.4 is 4.72 Å². The fourth-order valence-electron chi connectivity index (χ4n) is 2.34. The number of aromatic nitrogens is 1. The van der Waals surface area contributed by atoms with Crippen molar-refractivity contribution in [3.63, 3.8) is 0 Å². The zero-order chi connectivity index (χ0) is 17.9. The number of hydrogen-bond acceptors (Lipinski definition) is 3. The Bertz CT molecular complexity index is 964. The van der Waals surface area contributed by atoms with Gasteiger partial charge in [0.15, 0.2) is 0 Å². The molecule has 1 heterocycles. The summed E-state index contributed by atoms with van der Waals surface area (Å²) in [5.74, 6) is -0.600. The lowest BCUT2D eigenvalue weighted by molar-refractivity contribution is -0.118. The summed E-state index contributed by atoms with van der Waals surface area (Å²) in [6.45, 7) is 0. The van der Waals surface area contributed by atoms with E-state index < -0.39 is 15.9 Å². The van der Waals surface area contributed by atoms with E-state index >= 15 is 0 Å². The smallest absolute Gasteiger partial charge is 0.264 e. The third kappa shape index (κ3) is 4.29. The molecule has 5 nitrogen and oxygen atoms in total. The summed E-state index contributed by atoms with van der Waals surface area (Å²) in [7, 11) is -3.91. The Morgan fingerprint density at radius 1 is 0.960 bits per heavy atom. The van der Waals surface area contributed by atoms with Gasteiger partial charge in [-0.1, -0.05) is 23.7 Å². The number of hydrogen-bond donors (Lipinski definition) is 1. The maximum absolute atomic E-state index is 12.3. The first-order valence-corrected chi connectivity index (χ1v) is 9.34. The number of carbonyl (C=O) groups excluding carboxylic acids is 1. The molecule has 1 amide bonds. The molecule has 0 fully saturated rings. The summed E-state index contributed by atoms with van der Waals surface area (Å²) in [5, 5.41) is 0.555. The highest BCUT2D eigenvalue weighted by Gasteiger charge is 2.17. The Labute approximate surface area is 150 Å². The molecule has 1 aromatic heterocycles. The molecular weight excluding hydrogens is 360 g/mol. The summed E-state index contributed by atoms with van der Waals surface area (Å²) >= 11 is 5.79. The molecule has 0 saturated heterocycles. The minimum atomic E-state index is -3.91. The summed E-state index contributed by atoms with van der Waals surface area (Å²) in [5.41, 5.74) is 1.51. The van der Waals surface area contributed by atoms with E-state index in [1.807, 2.05) is 29.1 Å². The third-order valence-corrected chi connectivity index (χ3v) is 5.22. The summed E-state index contributed by atoms with van der Waals surface area (Å²) in [6.07, 6.45) is 3.67. The maximum atomic E-state index is 12.3. The maximum Gasteiger partial charge on any atom is 0.264 e. The van der Waals surface area contributed by atoms with Gasteiger partial charge in [-0.05, 0) is 54.1 Å². The Morgan fingerprint density at radius 2 is 1.56 bits per heavy atom. The van der Waals surface area contributed by atoms with E-state index in [0.29, 0.717) is 10.6 Å². The molecule has 0 atom stereocenters. The zero-order valence-corrected chi connectivity index (χ0v) is 14.7. The van der Waals surface area contributed by atoms with E-state index in [0.717, 1.165) is 5.69 Å². The first kappa shape index (κ1) is 17.3. The second-order valence-corrected chi connectivity index (χ2v) is 7.53. The summed E-state index contributed by atoms with van der Waals surface area (Å²) < 4.78 is 28.6. The first-order valence-electron chi connectivity index (χ1n) is 7.47. The molecule has 128 valence electrons. The molecular formula is C18H15ClN2O3S. The Hall–Kier alpha value is -2.57. The third-order valence-electron chi connectivity index (χ3n) is 3.58. The van der Waals surface area contributed by atoms with Crippen molar-refractivity contribution in [2.75, 3.05) is 0 Å². The molecule has 0 unspecified atom stereocenters. The number of nitrogens with one attached hydrogen (secondary N) is 1. The fourth-order valence-corrected chi connectivity index (χ4v) is 3.45. The van der Waals surface area contributed by atoms with Crippen LogP contribution in [0.1, 0.15) is 5.56 Å². The van der Waals surface area contributed by atoms with E-state index in [1.165, 1.54) is 12.1 Å². The number of benzene rings is 2. The lowest BCUT2D eigenvalue weighted by atomic mass is 10.1. The quantitative estimate of drug-likeness (QED) is 0.745. The molecule has 7 heteroatoms. The summed E-state index contributed by atoms with van der Waals surface area (Å²) in [4.78, 5) is 12.0. The number of sulfonamides is 1. The molecule has 2 aromatic carbocycles. The van der Waals surface area contributed by atoms with Crippen LogP contribution in [-0.4, -0.2) is 18.9 Å². The number of amides is 1. The molecule has 0 aliphatic heterocycles. The van der Waals surface area contributed by atoms with Crippen LogP contribution in [0.2, 0.25) is 5.02 Å². The van der Waals surface area contributed by atoms with Crippen molar-refractivity contribution >= 4 is 27.5 Å². The van der Waals surface area contributed by atoms with Gasteiger partial charge >= 0.3 is 0 Å². The number of halogens is 1. The van der Waals surface area contributed by atoms with Gasteiger partial charge in [0.2, 0.25) is 5.91 Å². The van der Waals surface area contributed by atoms with E-state index in [9.17, 15) is 13.2 Å². The van der Waals surface area contributed by atoms with Crippen LogP contribution in [0.25, 0.3) is 5.69 Å². The van der Waals surface area contributed by atoms with Gasteiger partial charge in [-0.15, -0.1) is 0 Å². The van der Waals surface area contributed by atoms with E-state index in [4.69, 9.17) is 11.6 Å². The SMILES string of the molecule is O=C(Cc1ccc(Cl)cc1)NS(=O)(=O)c1ccc(-n2cccc2)cc1. The molecule has 3 aromatic rings. The second kappa shape index (κ2) is 7.13. The van der Waals surface area contributed by atoms with Crippen LogP contribution in [0.4, 0.5) is 0 Å². The zero-order valence-electron chi connectivity index (χ0n) is 13.1. The monoisotopic (exact) mass is 374 g/mol. The van der Waals surface area contributed by atoms with Crippen molar-refractivity contribution in [2.45, 2.75) is 11.3 Å². The highest BCUT2D eigenvalue weighted by Crippen LogP contribution is 2.15. The molecule has 1 N–H and O–H groups in total. The predicted molar refractivity (Wildman–Crippen MR) is 96.3 cm³/mol. The van der Waals surface area contributed by atoms with Crippen LogP contribution in [0, 0.1) is 0 Å². The minimum Gasteiger partial charge on any atom is -0.324 e. The van der Waals surface area contributed by atoms with Gasteiger partial charge in [0, 0.05) is 23.1 Å². The molecule has 0 spiro atoms. The first-order chi connectivity index (χ1) is 11.9. The average Bonchev–Trinajstić information content (AvgIpc) is 3.11. The van der Waals surface area contributed by atoms with Crippen molar-refractivity contribution in [3.05, 3.63) is 83.6 Å². The van der Waals surface area contributed by atoms with E-state index in [-0.39, 0.29) is 11.3 Å². The van der Waals surface area contributed by atoms with Crippen molar-refractivity contribution in [1.29, 1.82) is 0 Å². The molecule has 0 aliphatic carbocycles. The van der Waals surface area contributed by atoms with Gasteiger partial charge in [-0.3, -0.25) is 4.79 Å².